The summed E-state index contributed by atoms with van der Waals surface area (Å²) in [5.74, 6) is -1.41. The Labute approximate surface area is 163 Å². The van der Waals surface area contributed by atoms with Gasteiger partial charge in [-0.25, -0.2) is 13.5 Å². The fourth-order valence-corrected chi connectivity index (χ4v) is 5.78. The lowest BCUT2D eigenvalue weighted by molar-refractivity contribution is 0.192. The predicted octanol–water partition coefficient (Wildman–Crippen LogP) is 3.36. The zero-order valence-electron chi connectivity index (χ0n) is 15.1. The van der Waals surface area contributed by atoms with E-state index in [0.717, 1.165) is 49.2 Å². The predicted molar refractivity (Wildman–Crippen MR) is 104 cm³/mol. The van der Waals surface area contributed by atoms with E-state index in [1.54, 1.807) is 0 Å². The minimum absolute atomic E-state index is 0.0461. The Morgan fingerprint density at radius 3 is 2.39 bits per heavy atom. The molecule has 0 atom stereocenters. The molecule has 2 aliphatic rings. The van der Waals surface area contributed by atoms with Crippen molar-refractivity contribution < 1.29 is 18.1 Å². The van der Waals surface area contributed by atoms with E-state index in [1.807, 2.05) is 24.3 Å². The first-order valence-corrected chi connectivity index (χ1v) is 10.7. The second kappa shape index (κ2) is 6.27. The topological polar surface area (TPSA) is 58.4 Å². The van der Waals surface area contributed by atoms with E-state index in [9.17, 15) is 18.1 Å². The molecule has 2 aromatic carbocycles. The third-order valence-corrected chi connectivity index (χ3v) is 7.27. The summed E-state index contributed by atoms with van der Waals surface area (Å²) in [6, 6.07) is 8.66. The van der Waals surface area contributed by atoms with Crippen LogP contribution >= 0.6 is 0 Å². The van der Waals surface area contributed by atoms with Gasteiger partial charge in [-0.1, -0.05) is 0 Å². The molecule has 5 nitrogen and oxygen atoms in total. The van der Waals surface area contributed by atoms with E-state index in [0.29, 0.717) is 11.1 Å². The maximum absolute atomic E-state index is 14.4. The molecule has 0 aliphatic carbocycles. The standard InChI is InChI=1S/C20H19F2N3O2S/c21-16-9-13-10-23-25(18(13)17(22)19(16)26)15-3-1-14(2-4-15)24-11-20(12-24)5-7-28(27)8-6-20/h1-4,9-10,26H,5-8,11-12H2. The summed E-state index contributed by atoms with van der Waals surface area (Å²) in [5.41, 5.74) is 2.05. The number of fused-ring (bicyclic) bond motifs is 1. The molecule has 0 radical (unpaired) electrons. The van der Waals surface area contributed by atoms with Gasteiger partial charge in [-0.2, -0.15) is 5.10 Å². The smallest absolute Gasteiger partial charge is 0.194 e. The number of hydrogen-bond acceptors (Lipinski definition) is 4. The first-order valence-electron chi connectivity index (χ1n) is 9.21. The number of phenols is 1. The van der Waals surface area contributed by atoms with Gasteiger partial charge in [-0.3, -0.25) is 4.21 Å². The van der Waals surface area contributed by atoms with Gasteiger partial charge in [0.25, 0.3) is 0 Å². The van der Waals surface area contributed by atoms with Gasteiger partial charge in [0.2, 0.25) is 0 Å². The van der Waals surface area contributed by atoms with Crippen molar-refractivity contribution in [2.24, 2.45) is 5.41 Å². The minimum atomic E-state index is -1.02. The Balaban J connectivity index is 1.39. The summed E-state index contributed by atoms with van der Waals surface area (Å²) < 4.78 is 40.8. The molecule has 1 aromatic heterocycles. The zero-order chi connectivity index (χ0) is 19.5. The van der Waals surface area contributed by atoms with Crippen LogP contribution in [0.1, 0.15) is 12.8 Å². The summed E-state index contributed by atoms with van der Waals surface area (Å²) in [4.78, 5) is 2.29. The lowest BCUT2D eigenvalue weighted by Gasteiger charge is -2.53. The van der Waals surface area contributed by atoms with Gasteiger partial charge in [0.05, 0.1) is 11.9 Å². The molecule has 3 aromatic rings. The number of benzene rings is 2. The fourth-order valence-electron chi connectivity index (χ4n) is 4.26. The van der Waals surface area contributed by atoms with Crippen LogP contribution in [0.2, 0.25) is 0 Å². The highest BCUT2D eigenvalue weighted by atomic mass is 32.2. The Kier molecular flexibility index (Phi) is 3.94. The Bertz CT molecular complexity index is 1080. The monoisotopic (exact) mass is 403 g/mol. The van der Waals surface area contributed by atoms with Gasteiger partial charge >= 0.3 is 0 Å². The van der Waals surface area contributed by atoms with Crippen LogP contribution < -0.4 is 4.90 Å². The second-order valence-electron chi connectivity index (χ2n) is 7.74. The maximum atomic E-state index is 14.4. The van der Waals surface area contributed by atoms with Crippen molar-refractivity contribution in [1.29, 1.82) is 0 Å². The highest BCUT2D eigenvalue weighted by Gasteiger charge is 2.44. The molecule has 0 unspecified atom stereocenters. The molecule has 1 N–H and O–H groups in total. The Morgan fingerprint density at radius 2 is 1.71 bits per heavy atom. The molecule has 3 heterocycles. The third kappa shape index (κ3) is 2.70. The molecular weight excluding hydrogens is 384 g/mol. The van der Waals surface area contributed by atoms with Crippen molar-refractivity contribution in [1.82, 2.24) is 9.78 Å². The summed E-state index contributed by atoms with van der Waals surface area (Å²) in [7, 11) is -0.648. The van der Waals surface area contributed by atoms with Gasteiger partial charge in [0.1, 0.15) is 5.52 Å². The number of aromatic nitrogens is 2. The molecule has 2 aliphatic heterocycles. The van der Waals surface area contributed by atoms with Crippen LogP contribution in [-0.2, 0) is 10.8 Å². The number of nitrogens with zero attached hydrogens (tertiary/aromatic N) is 3. The van der Waals surface area contributed by atoms with Crippen molar-refractivity contribution in [3.63, 3.8) is 0 Å². The zero-order valence-corrected chi connectivity index (χ0v) is 15.9. The van der Waals surface area contributed by atoms with Crippen molar-refractivity contribution >= 4 is 27.4 Å². The van der Waals surface area contributed by atoms with Crippen LogP contribution in [0.4, 0.5) is 14.5 Å². The number of aromatic hydroxyl groups is 1. The molecule has 2 saturated heterocycles. The van der Waals surface area contributed by atoms with Crippen molar-refractivity contribution in [2.75, 3.05) is 29.5 Å². The average molecular weight is 403 g/mol. The van der Waals surface area contributed by atoms with Crippen molar-refractivity contribution in [3.8, 4) is 11.4 Å². The van der Waals surface area contributed by atoms with E-state index < -0.39 is 28.2 Å². The molecular formula is C20H19F2N3O2S. The molecule has 0 bridgehead atoms. The lowest BCUT2D eigenvalue weighted by atomic mass is 9.74. The SMILES string of the molecule is O=S1CCC2(CC1)CN(c1ccc(-n3ncc4cc(F)c(O)c(F)c43)cc1)C2. The second-order valence-corrected chi connectivity index (χ2v) is 9.43. The number of halogens is 2. The summed E-state index contributed by atoms with van der Waals surface area (Å²) in [6.45, 7) is 1.94. The molecule has 2 fully saturated rings. The average Bonchev–Trinajstić information content (AvgIpc) is 3.09. The summed E-state index contributed by atoms with van der Waals surface area (Å²) >= 11 is 0. The Morgan fingerprint density at radius 1 is 1.07 bits per heavy atom. The van der Waals surface area contributed by atoms with Crippen LogP contribution in [-0.4, -0.2) is 43.7 Å². The number of hydrogen-bond donors (Lipinski definition) is 1. The summed E-state index contributed by atoms with van der Waals surface area (Å²) in [5, 5.41) is 14.0. The van der Waals surface area contributed by atoms with Gasteiger partial charge in [0, 0.05) is 51.9 Å². The number of rotatable bonds is 2. The molecule has 8 heteroatoms. The quantitative estimate of drug-likeness (QED) is 0.713. The maximum Gasteiger partial charge on any atom is 0.194 e. The van der Waals surface area contributed by atoms with Gasteiger partial charge in [0.15, 0.2) is 17.4 Å². The molecule has 5 rings (SSSR count). The van der Waals surface area contributed by atoms with Crippen molar-refractivity contribution in [2.45, 2.75) is 12.8 Å². The molecule has 0 saturated carbocycles. The van der Waals surface area contributed by atoms with Crippen LogP contribution in [0.5, 0.6) is 5.75 Å². The van der Waals surface area contributed by atoms with Gasteiger partial charge in [-0.15, -0.1) is 0 Å². The Hall–Kier alpha value is -2.48. The number of phenolic OH excluding ortho intramolecular Hbond substituents is 1. The first-order chi connectivity index (χ1) is 13.5. The lowest BCUT2D eigenvalue weighted by Crippen LogP contribution is -2.58. The van der Waals surface area contributed by atoms with Gasteiger partial charge < -0.3 is 10.0 Å². The summed E-state index contributed by atoms with van der Waals surface area (Å²) in [6.07, 6.45) is 3.42. The van der Waals surface area contributed by atoms with Crippen LogP contribution in [0.15, 0.2) is 36.5 Å². The van der Waals surface area contributed by atoms with Gasteiger partial charge in [-0.05, 0) is 43.2 Å². The normalized spacial score (nSPS) is 19.3. The van der Waals surface area contributed by atoms with Crippen molar-refractivity contribution in [3.05, 3.63) is 48.2 Å². The third-order valence-electron chi connectivity index (χ3n) is 5.95. The van der Waals surface area contributed by atoms with E-state index in [1.165, 1.54) is 10.9 Å². The van der Waals surface area contributed by atoms with E-state index >= 15 is 0 Å². The fraction of sp³-hybridized carbons (Fsp3) is 0.350. The highest BCUT2D eigenvalue weighted by molar-refractivity contribution is 7.85. The molecule has 1 spiro atoms. The largest absolute Gasteiger partial charge is 0.503 e. The first kappa shape index (κ1) is 17.6. The molecule has 28 heavy (non-hydrogen) atoms. The van der Waals surface area contributed by atoms with Crippen LogP contribution in [0, 0.1) is 17.0 Å². The van der Waals surface area contributed by atoms with E-state index in [-0.39, 0.29) is 10.9 Å². The van der Waals surface area contributed by atoms with Crippen LogP contribution in [0.25, 0.3) is 16.6 Å². The van der Waals surface area contributed by atoms with Crippen LogP contribution in [0.3, 0.4) is 0 Å². The molecule has 0 amide bonds. The number of anilines is 1. The van der Waals surface area contributed by atoms with E-state index in [2.05, 4.69) is 10.00 Å². The highest BCUT2D eigenvalue weighted by Crippen LogP contribution is 2.42. The minimum Gasteiger partial charge on any atom is -0.503 e. The van der Waals surface area contributed by atoms with E-state index in [4.69, 9.17) is 0 Å². The molecule has 146 valence electrons.